The van der Waals surface area contributed by atoms with E-state index in [1.807, 2.05) is 31.1 Å². The van der Waals surface area contributed by atoms with Crippen LogP contribution in [0.4, 0.5) is 4.39 Å². The second-order valence-electron chi connectivity index (χ2n) is 5.64. The Balaban J connectivity index is 1.94. The van der Waals surface area contributed by atoms with Crippen LogP contribution in [0, 0.1) is 5.82 Å². The number of carbonyl (C=O) groups is 1. The summed E-state index contributed by atoms with van der Waals surface area (Å²) in [7, 11) is 3.86. The van der Waals surface area contributed by atoms with Crippen LogP contribution in [0.5, 0.6) is 0 Å². The first-order chi connectivity index (χ1) is 11.0. The van der Waals surface area contributed by atoms with Gasteiger partial charge in [-0.2, -0.15) is 0 Å². The highest BCUT2D eigenvalue weighted by Crippen LogP contribution is 2.18. The molecule has 5 heteroatoms. The van der Waals surface area contributed by atoms with Crippen molar-refractivity contribution in [1.82, 2.24) is 10.2 Å². The standard InChI is InChI=1S/C18H20ClFN2O/c1-22(2)17(14-5-9-16(20)10-6-14)12-21-18(23)11-13-3-7-15(19)8-4-13/h3-10,17H,11-12H2,1-2H3,(H,21,23)/t17-/m1/s1. The number of rotatable bonds is 6. The fraction of sp³-hybridized carbons (Fsp3) is 0.278. The van der Waals surface area contributed by atoms with Crippen molar-refractivity contribution in [1.29, 1.82) is 0 Å². The fourth-order valence-electron chi connectivity index (χ4n) is 2.34. The van der Waals surface area contributed by atoms with Gasteiger partial charge >= 0.3 is 0 Å². The lowest BCUT2D eigenvalue weighted by Crippen LogP contribution is -2.35. The first kappa shape index (κ1) is 17.4. The van der Waals surface area contributed by atoms with Gasteiger partial charge in [0.05, 0.1) is 12.5 Å². The maximum Gasteiger partial charge on any atom is 0.224 e. The largest absolute Gasteiger partial charge is 0.354 e. The number of likely N-dealkylation sites (N-methyl/N-ethyl adjacent to an activating group) is 1. The molecule has 122 valence electrons. The van der Waals surface area contributed by atoms with Crippen molar-refractivity contribution in [3.8, 4) is 0 Å². The second kappa shape index (κ2) is 8.09. The van der Waals surface area contributed by atoms with Gasteiger partial charge in [0.15, 0.2) is 0 Å². The van der Waals surface area contributed by atoms with Crippen LogP contribution >= 0.6 is 11.6 Å². The molecule has 0 aromatic heterocycles. The Bertz CT molecular complexity index is 641. The van der Waals surface area contributed by atoms with E-state index in [1.54, 1.807) is 24.3 Å². The molecule has 0 spiro atoms. The topological polar surface area (TPSA) is 32.3 Å². The van der Waals surface area contributed by atoms with E-state index < -0.39 is 0 Å². The third kappa shape index (κ3) is 5.34. The number of hydrogen-bond donors (Lipinski definition) is 1. The molecule has 0 fully saturated rings. The molecule has 0 unspecified atom stereocenters. The molecule has 0 heterocycles. The summed E-state index contributed by atoms with van der Waals surface area (Å²) < 4.78 is 13.0. The van der Waals surface area contributed by atoms with E-state index in [0.717, 1.165) is 11.1 Å². The molecule has 23 heavy (non-hydrogen) atoms. The van der Waals surface area contributed by atoms with Gasteiger partial charge in [0, 0.05) is 11.6 Å². The molecule has 0 aliphatic heterocycles. The Hall–Kier alpha value is -1.91. The van der Waals surface area contributed by atoms with E-state index in [4.69, 9.17) is 11.6 Å². The average Bonchev–Trinajstić information content (AvgIpc) is 2.51. The molecule has 0 saturated carbocycles. The van der Waals surface area contributed by atoms with Crippen LogP contribution in [0.3, 0.4) is 0 Å². The predicted molar refractivity (Wildman–Crippen MR) is 91.0 cm³/mol. The van der Waals surface area contributed by atoms with Crippen molar-refractivity contribution in [3.63, 3.8) is 0 Å². The van der Waals surface area contributed by atoms with Gasteiger partial charge in [0.1, 0.15) is 5.82 Å². The molecule has 0 radical (unpaired) electrons. The molecule has 1 atom stereocenters. The number of nitrogens with one attached hydrogen (secondary N) is 1. The van der Waals surface area contributed by atoms with Gasteiger partial charge in [-0.15, -0.1) is 0 Å². The zero-order chi connectivity index (χ0) is 16.8. The van der Waals surface area contributed by atoms with Crippen LogP contribution in [0.25, 0.3) is 0 Å². The quantitative estimate of drug-likeness (QED) is 0.877. The summed E-state index contributed by atoms with van der Waals surface area (Å²) in [6.45, 7) is 0.463. The Kier molecular flexibility index (Phi) is 6.13. The highest BCUT2D eigenvalue weighted by molar-refractivity contribution is 6.30. The van der Waals surface area contributed by atoms with E-state index in [1.165, 1.54) is 12.1 Å². The van der Waals surface area contributed by atoms with Gasteiger partial charge < -0.3 is 10.2 Å². The molecular weight excluding hydrogens is 315 g/mol. The summed E-state index contributed by atoms with van der Waals surface area (Å²) in [6.07, 6.45) is 0.306. The first-order valence-electron chi connectivity index (χ1n) is 7.39. The number of hydrogen-bond acceptors (Lipinski definition) is 2. The number of benzene rings is 2. The third-order valence-corrected chi connectivity index (χ3v) is 3.90. The second-order valence-corrected chi connectivity index (χ2v) is 6.07. The summed E-state index contributed by atoms with van der Waals surface area (Å²) in [5, 5.41) is 3.58. The lowest BCUT2D eigenvalue weighted by atomic mass is 10.1. The van der Waals surface area contributed by atoms with Gasteiger partial charge in [-0.25, -0.2) is 4.39 Å². The van der Waals surface area contributed by atoms with Gasteiger partial charge in [0.25, 0.3) is 0 Å². The molecule has 2 aromatic rings. The monoisotopic (exact) mass is 334 g/mol. The van der Waals surface area contributed by atoms with E-state index in [0.29, 0.717) is 18.0 Å². The highest BCUT2D eigenvalue weighted by Gasteiger charge is 2.15. The van der Waals surface area contributed by atoms with Gasteiger partial charge in [-0.05, 0) is 49.5 Å². The fourth-order valence-corrected chi connectivity index (χ4v) is 2.47. The van der Waals surface area contributed by atoms with Gasteiger partial charge in [-0.3, -0.25) is 4.79 Å². The number of halogens is 2. The minimum Gasteiger partial charge on any atom is -0.354 e. The van der Waals surface area contributed by atoms with E-state index in [-0.39, 0.29) is 17.8 Å². The lowest BCUT2D eigenvalue weighted by molar-refractivity contribution is -0.120. The third-order valence-electron chi connectivity index (χ3n) is 3.65. The zero-order valence-electron chi connectivity index (χ0n) is 13.2. The van der Waals surface area contributed by atoms with Crippen LogP contribution in [0.2, 0.25) is 5.02 Å². The van der Waals surface area contributed by atoms with E-state index in [9.17, 15) is 9.18 Å². The van der Waals surface area contributed by atoms with Crippen molar-refractivity contribution in [2.45, 2.75) is 12.5 Å². The molecule has 2 aromatic carbocycles. The summed E-state index contributed by atoms with van der Waals surface area (Å²) in [5.41, 5.74) is 1.87. The normalized spacial score (nSPS) is 12.2. The van der Waals surface area contributed by atoms with Crippen molar-refractivity contribution < 1.29 is 9.18 Å². The van der Waals surface area contributed by atoms with Crippen LogP contribution in [-0.2, 0) is 11.2 Å². The number of amides is 1. The minimum absolute atomic E-state index is 0.00947. The zero-order valence-corrected chi connectivity index (χ0v) is 14.0. The summed E-state index contributed by atoms with van der Waals surface area (Å²) in [5.74, 6) is -0.320. The summed E-state index contributed by atoms with van der Waals surface area (Å²) in [6, 6.07) is 13.6. The SMILES string of the molecule is CN(C)[C@H](CNC(=O)Cc1ccc(Cl)cc1)c1ccc(F)cc1. The molecule has 0 bridgehead atoms. The number of carbonyl (C=O) groups excluding carboxylic acids is 1. The van der Waals surface area contributed by atoms with Gasteiger partial charge in [0.2, 0.25) is 5.91 Å². The molecule has 0 saturated heterocycles. The Morgan fingerprint density at radius 3 is 2.30 bits per heavy atom. The molecular formula is C18H20ClFN2O. The maximum atomic E-state index is 13.0. The minimum atomic E-state index is -0.266. The van der Waals surface area contributed by atoms with Crippen molar-refractivity contribution in [2.24, 2.45) is 0 Å². The van der Waals surface area contributed by atoms with Gasteiger partial charge in [-0.1, -0.05) is 35.9 Å². The van der Waals surface area contributed by atoms with E-state index in [2.05, 4.69) is 5.32 Å². The first-order valence-corrected chi connectivity index (χ1v) is 7.76. The average molecular weight is 335 g/mol. The summed E-state index contributed by atoms with van der Waals surface area (Å²) >= 11 is 5.83. The molecule has 1 amide bonds. The Morgan fingerprint density at radius 2 is 1.74 bits per heavy atom. The number of nitrogens with zero attached hydrogens (tertiary/aromatic N) is 1. The Labute approximate surface area is 141 Å². The van der Waals surface area contributed by atoms with Crippen molar-refractivity contribution >= 4 is 17.5 Å². The molecule has 3 nitrogen and oxygen atoms in total. The smallest absolute Gasteiger partial charge is 0.224 e. The maximum absolute atomic E-state index is 13.0. The van der Waals surface area contributed by atoms with Crippen molar-refractivity contribution in [3.05, 3.63) is 70.5 Å². The van der Waals surface area contributed by atoms with Crippen molar-refractivity contribution in [2.75, 3.05) is 20.6 Å². The van der Waals surface area contributed by atoms with Crippen LogP contribution < -0.4 is 5.32 Å². The predicted octanol–water partition coefficient (Wildman–Crippen LogP) is 3.44. The highest BCUT2D eigenvalue weighted by atomic mass is 35.5. The summed E-state index contributed by atoms with van der Waals surface area (Å²) in [4.78, 5) is 14.1. The molecule has 0 aliphatic carbocycles. The molecule has 0 aliphatic rings. The molecule has 1 N–H and O–H groups in total. The van der Waals surface area contributed by atoms with Crippen LogP contribution in [0.1, 0.15) is 17.2 Å². The van der Waals surface area contributed by atoms with Crippen LogP contribution in [0.15, 0.2) is 48.5 Å². The lowest BCUT2D eigenvalue weighted by Gasteiger charge is -2.25. The van der Waals surface area contributed by atoms with E-state index >= 15 is 0 Å². The van der Waals surface area contributed by atoms with Crippen LogP contribution in [-0.4, -0.2) is 31.4 Å². The Morgan fingerprint density at radius 1 is 1.13 bits per heavy atom. The molecule has 2 rings (SSSR count).